The molecule has 2 aromatic rings. The predicted molar refractivity (Wildman–Crippen MR) is 66.7 cm³/mol. The van der Waals surface area contributed by atoms with Gasteiger partial charge in [0.2, 0.25) is 0 Å². The Labute approximate surface area is 103 Å². The average Bonchev–Trinajstić information content (AvgIpc) is 2.33. The van der Waals surface area contributed by atoms with Crippen LogP contribution in [0.25, 0.3) is 0 Å². The summed E-state index contributed by atoms with van der Waals surface area (Å²) in [6.07, 6.45) is 3.32. The number of aromatic nitrogens is 2. The number of hydrogen-bond donors (Lipinski definition) is 1. The van der Waals surface area contributed by atoms with Crippen molar-refractivity contribution in [3.8, 4) is 0 Å². The predicted octanol–water partition coefficient (Wildman–Crippen LogP) is 2.53. The van der Waals surface area contributed by atoms with Crippen LogP contribution in [0.15, 0.2) is 47.3 Å². The number of rotatable bonds is 4. The van der Waals surface area contributed by atoms with Crippen molar-refractivity contribution >= 4 is 15.9 Å². The molecule has 0 atom stereocenters. The highest BCUT2D eigenvalue weighted by Crippen LogP contribution is 2.10. The van der Waals surface area contributed by atoms with Crippen molar-refractivity contribution in [2.24, 2.45) is 0 Å². The van der Waals surface area contributed by atoms with Gasteiger partial charge in [-0.05, 0) is 23.8 Å². The van der Waals surface area contributed by atoms with E-state index in [1.165, 1.54) is 5.56 Å². The molecule has 0 bridgehead atoms. The maximum Gasteiger partial charge on any atom is 0.115 e. The van der Waals surface area contributed by atoms with E-state index < -0.39 is 0 Å². The lowest BCUT2D eigenvalue weighted by Gasteiger charge is -2.04. The summed E-state index contributed by atoms with van der Waals surface area (Å²) in [7, 11) is 0. The van der Waals surface area contributed by atoms with Crippen LogP contribution in [0, 0.1) is 0 Å². The summed E-state index contributed by atoms with van der Waals surface area (Å²) in [5.41, 5.74) is 2.27. The minimum atomic E-state index is 0.762. The fourth-order valence-corrected chi connectivity index (χ4v) is 1.62. The fraction of sp³-hybridized carbons (Fsp3) is 0.167. The van der Waals surface area contributed by atoms with Gasteiger partial charge >= 0.3 is 0 Å². The van der Waals surface area contributed by atoms with Crippen molar-refractivity contribution in [2.75, 3.05) is 0 Å². The van der Waals surface area contributed by atoms with Crippen LogP contribution in [-0.2, 0) is 13.1 Å². The van der Waals surface area contributed by atoms with Crippen molar-refractivity contribution in [2.45, 2.75) is 13.1 Å². The van der Waals surface area contributed by atoms with Gasteiger partial charge in [0.05, 0.1) is 5.69 Å². The van der Waals surface area contributed by atoms with Crippen LogP contribution < -0.4 is 5.32 Å². The second-order valence-electron chi connectivity index (χ2n) is 3.43. The molecule has 1 aromatic heterocycles. The molecule has 1 aromatic carbocycles. The van der Waals surface area contributed by atoms with Gasteiger partial charge in [0.1, 0.15) is 6.33 Å². The molecule has 0 amide bonds. The summed E-state index contributed by atoms with van der Waals surface area (Å²) in [4.78, 5) is 8.02. The van der Waals surface area contributed by atoms with Gasteiger partial charge in [-0.15, -0.1) is 0 Å². The summed E-state index contributed by atoms with van der Waals surface area (Å²) < 4.78 is 1.10. The molecule has 2 rings (SSSR count). The van der Waals surface area contributed by atoms with Gasteiger partial charge in [-0.2, -0.15) is 0 Å². The molecule has 82 valence electrons. The van der Waals surface area contributed by atoms with Crippen molar-refractivity contribution in [1.29, 1.82) is 0 Å². The third-order valence-electron chi connectivity index (χ3n) is 2.19. The summed E-state index contributed by atoms with van der Waals surface area (Å²) in [5, 5.41) is 3.33. The molecule has 0 fully saturated rings. The Morgan fingerprint density at radius 2 is 1.88 bits per heavy atom. The Bertz CT molecular complexity index is 428. The molecular formula is C12H12BrN3. The third kappa shape index (κ3) is 3.40. The summed E-state index contributed by atoms with van der Waals surface area (Å²) >= 11 is 3.41. The van der Waals surface area contributed by atoms with E-state index in [1.54, 1.807) is 12.5 Å². The van der Waals surface area contributed by atoms with E-state index in [4.69, 9.17) is 0 Å². The molecule has 1 N–H and O–H groups in total. The van der Waals surface area contributed by atoms with E-state index in [2.05, 4.69) is 43.3 Å². The van der Waals surface area contributed by atoms with Crippen LogP contribution in [0.2, 0.25) is 0 Å². The zero-order chi connectivity index (χ0) is 11.2. The summed E-state index contributed by atoms with van der Waals surface area (Å²) in [5.74, 6) is 0. The summed E-state index contributed by atoms with van der Waals surface area (Å²) in [6, 6.07) is 10.2. The normalized spacial score (nSPS) is 10.3. The quantitative estimate of drug-likeness (QED) is 0.933. The molecule has 16 heavy (non-hydrogen) atoms. The topological polar surface area (TPSA) is 37.8 Å². The summed E-state index contributed by atoms with van der Waals surface area (Å²) in [6.45, 7) is 1.61. The second-order valence-corrected chi connectivity index (χ2v) is 4.35. The number of hydrogen-bond acceptors (Lipinski definition) is 3. The Morgan fingerprint density at radius 3 is 2.56 bits per heavy atom. The molecule has 0 saturated heterocycles. The van der Waals surface area contributed by atoms with Crippen LogP contribution in [-0.4, -0.2) is 9.97 Å². The molecule has 0 unspecified atom stereocenters. The molecule has 0 radical (unpaired) electrons. The average molecular weight is 278 g/mol. The SMILES string of the molecule is Brc1ccc(CNCc2ccncn2)cc1. The van der Waals surface area contributed by atoms with Gasteiger partial charge in [0, 0.05) is 23.8 Å². The van der Waals surface area contributed by atoms with Crippen LogP contribution in [0.3, 0.4) is 0 Å². The smallest absolute Gasteiger partial charge is 0.115 e. The van der Waals surface area contributed by atoms with Crippen molar-refractivity contribution in [1.82, 2.24) is 15.3 Å². The minimum Gasteiger partial charge on any atom is -0.307 e. The maximum atomic E-state index is 4.14. The first kappa shape index (κ1) is 11.2. The van der Waals surface area contributed by atoms with Crippen LogP contribution in [0.1, 0.15) is 11.3 Å². The first-order chi connectivity index (χ1) is 7.84. The molecule has 4 heteroatoms. The van der Waals surface area contributed by atoms with E-state index in [0.717, 1.165) is 23.3 Å². The molecule has 1 heterocycles. The molecule has 0 aliphatic carbocycles. The zero-order valence-corrected chi connectivity index (χ0v) is 10.3. The molecule has 3 nitrogen and oxygen atoms in total. The van der Waals surface area contributed by atoms with E-state index in [9.17, 15) is 0 Å². The van der Waals surface area contributed by atoms with Crippen molar-refractivity contribution in [3.63, 3.8) is 0 Å². The Kier molecular flexibility index (Phi) is 4.02. The monoisotopic (exact) mass is 277 g/mol. The highest BCUT2D eigenvalue weighted by molar-refractivity contribution is 9.10. The number of halogens is 1. The molecule has 0 aliphatic rings. The highest BCUT2D eigenvalue weighted by atomic mass is 79.9. The first-order valence-corrected chi connectivity index (χ1v) is 5.84. The van der Waals surface area contributed by atoms with Gasteiger partial charge in [-0.25, -0.2) is 9.97 Å². The van der Waals surface area contributed by atoms with Gasteiger partial charge < -0.3 is 5.32 Å². The third-order valence-corrected chi connectivity index (χ3v) is 2.72. The van der Waals surface area contributed by atoms with Crippen LogP contribution in [0.5, 0.6) is 0 Å². The fourth-order valence-electron chi connectivity index (χ4n) is 1.36. The van der Waals surface area contributed by atoms with Crippen LogP contribution in [0.4, 0.5) is 0 Å². The lowest BCUT2D eigenvalue weighted by atomic mass is 10.2. The second kappa shape index (κ2) is 5.72. The Balaban J connectivity index is 1.82. The van der Waals surface area contributed by atoms with Gasteiger partial charge in [-0.1, -0.05) is 28.1 Å². The Morgan fingerprint density at radius 1 is 1.06 bits per heavy atom. The van der Waals surface area contributed by atoms with Crippen LogP contribution >= 0.6 is 15.9 Å². The van der Waals surface area contributed by atoms with E-state index in [-0.39, 0.29) is 0 Å². The van der Waals surface area contributed by atoms with Gasteiger partial charge in [0.15, 0.2) is 0 Å². The molecule has 0 spiro atoms. The first-order valence-electron chi connectivity index (χ1n) is 5.04. The van der Waals surface area contributed by atoms with E-state index in [1.807, 2.05) is 18.2 Å². The lowest BCUT2D eigenvalue weighted by molar-refractivity contribution is 0.677. The van der Waals surface area contributed by atoms with Gasteiger partial charge in [0.25, 0.3) is 0 Å². The highest BCUT2D eigenvalue weighted by Gasteiger charge is 1.94. The van der Waals surface area contributed by atoms with E-state index >= 15 is 0 Å². The van der Waals surface area contributed by atoms with Gasteiger partial charge in [-0.3, -0.25) is 0 Å². The minimum absolute atomic E-state index is 0.762. The lowest BCUT2D eigenvalue weighted by Crippen LogP contribution is -2.13. The largest absolute Gasteiger partial charge is 0.307 e. The standard InChI is InChI=1S/C12H12BrN3/c13-11-3-1-10(2-4-11)7-15-8-12-5-6-14-9-16-12/h1-6,9,15H,7-8H2. The molecule has 0 aliphatic heterocycles. The van der Waals surface area contributed by atoms with Crippen molar-refractivity contribution in [3.05, 3.63) is 58.6 Å². The Hall–Kier alpha value is -1.26. The number of benzene rings is 1. The molecule has 0 saturated carbocycles. The van der Waals surface area contributed by atoms with Crippen molar-refractivity contribution < 1.29 is 0 Å². The zero-order valence-electron chi connectivity index (χ0n) is 8.73. The maximum absolute atomic E-state index is 4.14. The number of nitrogens with zero attached hydrogens (tertiary/aromatic N) is 2. The molecular weight excluding hydrogens is 266 g/mol. The number of nitrogens with one attached hydrogen (secondary N) is 1. The van der Waals surface area contributed by atoms with E-state index in [0.29, 0.717) is 0 Å².